The average Bonchev–Trinajstić information content (AvgIpc) is 2.96. The lowest BCUT2D eigenvalue weighted by molar-refractivity contribution is -0.125. The maximum Gasteiger partial charge on any atom is 0.237 e. The molecule has 1 unspecified atom stereocenters. The molecule has 6 nitrogen and oxygen atoms in total. The number of β-amino-alcohol motifs (C(OH)–C–C–N with tert-alkyl or cyclic N) is 2. The predicted molar refractivity (Wildman–Crippen MR) is 63.6 cm³/mol. The summed E-state index contributed by atoms with van der Waals surface area (Å²) < 4.78 is 5.11. The number of furan rings is 1. The molecule has 1 saturated heterocycles. The maximum atomic E-state index is 11.9. The van der Waals surface area contributed by atoms with Gasteiger partial charge in [0.25, 0.3) is 0 Å². The zero-order valence-corrected chi connectivity index (χ0v) is 10.2. The molecule has 3 atom stereocenters. The normalized spacial score (nSPS) is 26.2. The quantitative estimate of drug-likeness (QED) is 0.663. The van der Waals surface area contributed by atoms with Crippen molar-refractivity contribution < 1.29 is 19.4 Å². The van der Waals surface area contributed by atoms with Crippen molar-refractivity contribution in [1.29, 1.82) is 0 Å². The molecule has 0 spiro atoms. The van der Waals surface area contributed by atoms with Crippen molar-refractivity contribution in [2.24, 2.45) is 0 Å². The van der Waals surface area contributed by atoms with Gasteiger partial charge >= 0.3 is 0 Å². The lowest BCUT2D eigenvalue weighted by Crippen LogP contribution is -2.44. The van der Waals surface area contributed by atoms with Gasteiger partial charge in [-0.2, -0.15) is 0 Å². The van der Waals surface area contributed by atoms with Gasteiger partial charge < -0.3 is 19.9 Å². The largest absolute Gasteiger partial charge is 0.467 e. The van der Waals surface area contributed by atoms with Gasteiger partial charge in [-0.15, -0.1) is 0 Å². The number of hydrogen-bond donors (Lipinski definition) is 3. The Labute approximate surface area is 105 Å². The van der Waals surface area contributed by atoms with Gasteiger partial charge in [-0.25, -0.2) is 0 Å². The molecule has 6 heteroatoms. The van der Waals surface area contributed by atoms with Crippen molar-refractivity contribution in [2.45, 2.75) is 31.7 Å². The minimum atomic E-state index is -0.773. The molecule has 2 heterocycles. The van der Waals surface area contributed by atoms with Crippen molar-refractivity contribution in [2.75, 3.05) is 13.1 Å². The number of carbonyl (C=O) groups is 1. The maximum absolute atomic E-state index is 11.9. The third-order valence-electron chi connectivity index (χ3n) is 3.23. The Morgan fingerprint density at radius 3 is 2.78 bits per heavy atom. The summed E-state index contributed by atoms with van der Waals surface area (Å²) in [7, 11) is 0. The topological polar surface area (TPSA) is 85.9 Å². The van der Waals surface area contributed by atoms with Crippen molar-refractivity contribution in [1.82, 2.24) is 10.2 Å². The number of nitrogens with zero attached hydrogens (tertiary/aromatic N) is 1. The van der Waals surface area contributed by atoms with Gasteiger partial charge in [-0.05, 0) is 19.1 Å². The molecule has 0 saturated carbocycles. The number of hydrogen-bond acceptors (Lipinski definition) is 5. The lowest BCUT2D eigenvalue weighted by atomic mass is 10.2. The standard InChI is InChI=1S/C12H18N2O4/c1-8(14-6-10(15)11(16)7-14)12(17)13-5-9-3-2-4-18-9/h2-4,8,10-11,15-16H,5-7H2,1H3,(H,13,17)/t8?,10-,11+. The molecule has 1 amide bonds. The molecule has 3 N–H and O–H groups in total. The second kappa shape index (κ2) is 5.51. The van der Waals surface area contributed by atoms with E-state index in [4.69, 9.17) is 4.42 Å². The minimum absolute atomic E-state index is 0.146. The first-order valence-corrected chi connectivity index (χ1v) is 5.98. The van der Waals surface area contributed by atoms with Gasteiger partial charge in [0.05, 0.1) is 31.1 Å². The highest BCUT2D eigenvalue weighted by Crippen LogP contribution is 2.13. The number of aliphatic hydroxyl groups excluding tert-OH is 2. The van der Waals surface area contributed by atoms with E-state index in [-0.39, 0.29) is 11.9 Å². The van der Waals surface area contributed by atoms with E-state index in [1.165, 1.54) is 0 Å². The lowest BCUT2D eigenvalue weighted by Gasteiger charge is -2.22. The molecular formula is C12H18N2O4. The Morgan fingerprint density at radius 1 is 1.56 bits per heavy atom. The van der Waals surface area contributed by atoms with Crippen LogP contribution in [-0.4, -0.2) is 52.4 Å². The smallest absolute Gasteiger partial charge is 0.237 e. The van der Waals surface area contributed by atoms with Gasteiger partial charge in [0.1, 0.15) is 5.76 Å². The van der Waals surface area contributed by atoms with E-state index in [9.17, 15) is 15.0 Å². The van der Waals surface area contributed by atoms with Gasteiger partial charge in [-0.3, -0.25) is 9.69 Å². The van der Waals surface area contributed by atoms with Crippen molar-refractivity contribution in [3.05, 3.63) is 24.2 Å². The predicted octanol–water partition coefficient (Wildman–Crippen LogP) is -0.678. The van der Waals surface area contributed by atoms with Gasteiger partial charge in [-0.1, -0.05) is 0 Å². The Hall–Kier alpha value is -1.37. The van der Waals surface area contributed by atoms with Crippen LogP contribution in [0.2, 0.25) is 0 Å². The molecule has 0 aliphatic carbocycles. The zero-order valence-electron chi connectivity index (χ0n) is 10.2. The van der Waals surface area contributed by atoms with E-state index in [1.54, 1.807) is 30.2 Å². The summed E-state index contributed by atoms with van der Waals surface area (Å²) >= 11 is 0. The van der Waals surface area contributed by atoms with Crippen LogP contribution in [0.25, 0.3) is 0 Å². The molecule has 0 bridgehead atoms. The van der Waals surface area contributed by atoms with Gasteiger partial charge in [0.15, 0.2) is 0 Å². The van der Waals surface area contributed by atoms with Crippen LogP contribution < -0.4 is 5.32 Å². The highest BCUT2D eigenvalue weighted by atomic mass is 16.3. The van der Waals surface area contributed by atoms with E-state index >= 15 is 0 Å². The number of nitrogens with one attached hydrogen (secondary N) is 1. The first-order chi connectivity index (χ1) is 8.58. The fraction of sp³-hybridized carbons (Fsp3) is 0.583. The highest BCUT2D eigenvalue weighted by molar-refractivity contribution is 5.81. The van der Waals surface area contributed by atoms with Crippen LogP contribution in [0.5, 0.6) is 0 Å². The first-order valence-electron chi connectivity index (χ1n) is 5.98. The minimum Gasteiger partial charge on any atom is -0.467 e. The van der Waals surface area contributed by atoms with Gasteiger partial charge in [0.2, 0.25) is 5.91 Å². The third kappa shape index (κ3) is 2.90. The fourth-order valence-corrected chi connectivity index (χ4v) is 2.02. The summed E-state index contributed by atoms with van der Waals surface area (Å²) in [6, 6.07) is 3.17. The summed E-state index contributed by atoms with van der Waals surface area (Å²) in [5.74, 6) is 0.546. The first kappa shape index (κ1) is 13.1. The van der Waals surface area contributed by atoms with Gasteiger partial charge in [0, 0.05) is 13.1 Å². The van der Waals surface area contributed by atoms with Crippen LogP contribution in [0.3, 0.4) is 0 Å². The van der Waals surface area contributed by atoms with Crippen LogP contribution >= 0.6 is 0 Å². The number of rotatable bonds is 4. The summed E-state index contributed by atoms with van der Waals surface area (Å²) in [4.78, 5) is 13.6. The molecule has 0 radical (unpaired) electrons. The monoisotopic (exact) mass is 254 g/mol. The van der Waals surface area contributed by atoms with E-state index in [1.807, 2.05) is 0 Å². The van der Waals surface area contributed by atoms with Crippen LogP contribution in [0.1, 0.15) is 12.7 Å². The van der Waals surface area contributed by atoms with E-state index in [0.29, 0.717) is 25.4 Å². The molecular weight excluding hydrogens is 236 g/mol. The van der Waals surface area contributed by atoms with Crippen LogP contribution in [0.4, 0.5) is 0 Å². The van der Waals surface area contributed by atoms with E-state index in [0.717, 1.165) is 0 Å². The molecule has 1 fully saturated rings. The highest BCUT2D eigenvalue weighted by Gasteiger charge is 2.34. The molecule has 0 aromatic carbocycles. The molecule has 1 aliphatic heterocycles. The summed E-state index contributed by atoms with van der Waals surface area (Å²) in [5.41, 5.74) is 0. The Kier molecular flexibility index (Phi) is 4.00. The number of amides is 1. The van der Waals surface area contributed by atoms with Crippen LogP contribution in [0.15, 0.2) is 22.8 Å². The van der Waals surface area contributed by atoms with Crippen molar-refractivity contribution >= 4 is 5.91 Å². The molecule has 1 aliphatic rings. The summed E-state index contributed by atoms with van der Waals surface area (Å²) in [6.07, 6.45) is 0.00798. The average molecular weight is 254 g/mol. The Balaban J connectivity index is 1.82. The molecule has 18 heavy (non-hydrogen) atoms. The second-order valence-corrected chi connectivity index (χ2v) is 4.56. The van der Waals surface area contributed by atoms with Crippen LogP contribution in [-0.2, 0) is 11.3 Å². The SMILES string of the molecule is CC(C(=O)NCc1ccco1)N1C[C@@H](O)[C@@H](O)C1. The fourth-order valence-electron chi connectivity index (χ4n) is 2.02. The Morgan fingerprint density at radius 2 is 2.22 bits per heavy atom. The Bertz CT molecular complexity index is 383. The second-order valence-electron chi connectivity index (χ2n) is 4.56. The molecule has 1 aromatic heterocycles. The van der Waals surface area contributed by atoms with Crippen LogP contribution in [0, 0.1) is 0 Å². The summed E-state index contributed by atoms with van der Waals surface area (Å²) in [6.45, 7) is 2.73. The number of carbonyl (C=O) groups excluding carboxylic acids is 1. The number of likely N-dealkylation sites (tertiary alicyclic amines) is 1. The third-order valence-corrected chi connectivity index (χ3v) is 3.23. The molecule has 100 valence electrons. The molecule has 2 rings (SSSR count). The molecule has 1 aromatic rings. The van der Waals surface area contributed by atoms with E-state index < -0.39 is 12.2 Å². The summed E-state index contributed by atoms with van der Waals surface area (Å²) in [5, 5.41) is 21.6. The number of aliphatic hydroxyl groups is 2. The van der Waals surface area contributed by atoms with E-state index in [2.05, 4.69) is 5.32 Å². The van der Waals surface area contributed by atoms with Crippen molar-refractivity contribution in [3.63, 3.8) is 0 Å². The zero-order chi connectivity index (χ0) is 13.1. The van der Waals surface area contributed by atoms with Crippen molar-refractivity contribution in [3.8, 4) is 0 Å².